The number of methoxy groups -OCH3 is 1. The van der Waals surface area contributed by atoms with E-state index in [9.17, 15) is 13.8 Å². The van der Waals surface area contributed by atoms with E-state index in [4.69, 9.17) is 5.11 Å². The Bertz CT molecular complexity index is 459. The Morgan fingerprint density at radius 2 is 2.21 bits per heavy atom. The van der Waals surface area contributed by atoms with Gasteiger partial charge < -0.3 is 14.7 Å². The van der Waals surface area contributed by atoms with Crippen molar-refractivity contribution >= 4 is 22.7 Å². The van der Waals surface area contributed by atoms with Crippen LogP contribution in [0.3, 0.4) is 0 Å². The molecule has 6 nitrogen and oxygen atoms in total. The van der Waals surface area contributed by atoms with Crippen molar-refractivity contribution in [3.63, 3.8) is 0 Å². The molecule has 0 aromatic heterocycles. The summed E-state index contributed by atoms with van der Waals surface area (Å²) in [6.45, 7) is 8.29. The van der Waals surface area contributed by atoms with Crippen LogP contribution >= 0.6 is 0 Å². The van der Waals surface area contributed by atoms with Crippen LogP contribution in [0.2, 0.25) is 0 Å². The third-order valence-electron chi connectivity index (χ3n) is 2.82. The van der Waals surface area contributed by atoms with Crippen molar-refractivity contribution in [3.8, 4) is 0 Å². The number of rotatable bonds is 6. The highest BCUT2D eigenvalue weighted by atomic mass is 32.2. The van der Waals surface area contributed by atoms with Gasteiger partial charge in [0.05, 0.1) is 30.9 Å². The number of carbonyl (C=O) groups is 2. The van der Waals surface area contributed by atoms with Crippen molar-refractivity contribution in [2.75, 3.05) is 13.7 Å². The van der Waals surface area contributed by atoms with Crippen LogP contribution in [0.4, 0.5) is 0 Å². The lowest BCUT2D eigenvalue weighted by Gasteiger charge is -2.43. The van der Waals surface area contributed by atoms with Crippen LogP contribution in [0.15, 0.2) is 23.6 Å². The zero-order valence-corrected chi connectivity index (χ0v) is 11.7. The number of likely N-dealkylation sites (tertiary alicyclic amines) is 1. The monoisotopic (exact) mass is 287 g/mol. The van der Waals surface area contributed by atoms with Crippen molar-refractivity contribution < 1.29 is 23.6 Å². The average Bonchev–Trinajstić information content (AvgIpc) is 2.38. The molecule has 0 bridgehead atoms. The van der Waals surface area contributed by atoms with Crippen LogP contribution in [-0.4, -0.2) is 51.2 Å². The van der Waals surface area contributed by atoms with E-state index >= 15 is 0 Å². The molecule has 1 rings (SSSR count). The van der Waals surface area contributed by atoms with E-state index in [0.717, 1.165) is 0 Å². The smallest absolute Gasteiger partial charge is 0.332 e. The van der Waals surface area contributed by atoms with E-state index in [0.29, 0.717) is 5.57 Å². The maximum Gasteiger partial charge on any atom is 0.332 e. The van der Waals surface area contributed by atoms with Gasteiger partial charge in [0.25, 0.3) is 0 Å². The van der Waals surface area contributed by atoms with Crippen molar-refractivity contribution in [3.05, 3.63) is 23.6 Å². The van der Waals surface area contributed by atoms with Crippen molar-refractivity contribution in [2.45, 2.75) is 24.8 Å². The second-order valence-corrected chi connectivity index (χ2v) is 5.94. The summed E-state index contributed by atoms with van der Waals surface area (Å²) < 4.78 is 16.7. The van der Waals surface area contributed by atoms with Crippen LogP contribution in [0.5, 0.6) is 0 Å². The van der Waals surface area contributed by atoms with Crippen LogP contribution in [0.1, 0.15) is 13.3 Å². The van der Waals surface area contributed by atoms with E-state index in [1.807, 2.05) is 0 Å². The van der Waals surface area contributed by atoms with E-state index in [-0.39, 0.29) is 17.2 Å². The summed E-state index contributed by atoms with van der Waals surface area (Å²) in [6, 6.07) is -0.952. The van der Waals surface area contributed by atoms with Gasteiger partial charge in [-0.25, -0.2) is 4.79 Å². The predicted molar refractivity (Wildman–Crippen MR) is 70.2 cm³/mol. The molecule has 0 saturated carbocycles. The highest BCUT2D eigenvalue weighted by molar-refractivity contribution is 7.89. The Balaban J connectivity index is 2.98. The zero-order valence-electron chi connectivity index (χ0n) is 10.9. The number of aliphatic hydroxyl groups is 1. The third-order valence-corrected chi connectivity index (χ3v) is 4.41. The average molecular weight is 287 g/mol. The van der Waals surface area contributed by atoms with Crippen LogP contribution < -0.4 is 0 Å². The SMILES string of the molecule is C=C(C)C(C(=O)OC)N1C(=O)C[C@H]1S(=O)C(=C)CO. The number of hydrogen-bond donors (Lipinski definition) is 1. The fourth-order valence-electron chi connectivity index (χ4n) is 1.81. The standard InChI is InChI=1S/C12H17NO5S/c1-7(2)11(12(16)18-4)13-9(15)5-10(13)19(17)8(3)6-14/h10-11,14H,1,3,5-6H2,2,4H3/t10-,11?,19?/m1/s1. The van der Waals surface area contributed by atoms with Crippen LogP contribution in [-0.2, 0) is 25.1 Å². The molecule has 19 heavy (non-hydrogen) atoms. The molecule has 1 fully saturated rings. The Morgan fingerprint density at radius 1 is 1.63 bits per heavy atom. The van der Waals surface area contributed by atoms with Crippen molar-refractivity contribution in [1.29, 1.82) is 0 Å². The van der Waals surface area contributed by atoms with Gasteiger partial charge in [-0.05, 0) is 12.5 Å². The molecule has 0 aromatic carbocycles. The van der Waals surface area contributed by atoms with Crippen LogP contribution in [0.25, 0.3) is 0 Å². The highest BCUT2D eigenvalue weighted by Crippen LogP contribution is 2.30. The molecule has 106 valence electrons. The maximum atomic E-state index is 12.0. The first-order valence-electron chi connectivity index (χ1n) is 5.58. The fraction of sp³-hybridized carbons (Fsp3) is 0.500. The summed E-state index contributed by atoms with van der Waals surface area (Å²) >= 11 is 0. The minimum Gasteiger partial charge on any atom is -0.467 e. The Labute approximate surface area is 114 Å². The molecule has 1 aliphatic heterocycles. The van der Waals surface area contributed by atoms with Gasteiger partial charge in [-0.1, -0.05) is 13.2 Å². The molecule has 1 N–H and O–H groups in total. The molecule has 7 heteroatoms. The molecule has 1 saturated heterocycles. The topological polar surface area (TPSA) is 83.9 Å². The number of ether oxygens (including phenoxy) is 1. The van der Waals surface area contributed by atoms with E-state index in [1.54, 1.807) is 6.92 Å². The Hall–Kier alpha value is -1.47. The molecular weight excluding hydrogens is 270 g/mol. The Morgan fingerprint density at radius 3 is 2.58 bits per heavy atom. The summed E-state index contributed by atoms with van der Waals surface area (Å²) in [5.41, 5.74) is 0.427. The molecule has 0 aliphatic carbocycles. The summed E-state index contributed by atoms with van der Waals surface area (Å²) in [4.78, 5) is 24.7. The van der Waals surface area contributed by atoms with E-state index < -0.39 is 34.8 Å². The first-order valence-corrected chi connectivity index (χ1v) is 6.80. The number of β-lactam (4-membered cyclic amide) rings is 1. The quantitative estimate of drug-likeness (QED) is 0.419. The van der Waals surface area contributed by atoms with Gasteiger partial charge in [0.2, 0.25) is 5.91 Å². The van der Waals surface area contributed by atoms with Crippen LogP contribution in [0, 0.1) is 0 Å². The molecular formula is C12H17NO5S. The molecule has 2 unspecified atom stereocenters. The lowest BCUT2D eigenvalue weighted by atomic mass is 10.0. The molecule has 0 aromatic rings. The maximum absolute atomic E-state index is 12.0. The number of aliphatic hydroxyl groups excluding tert-OH is 1. The number of hydrogen-bond acceptors (Lipinski definition) is 5. The van der Waals surface area contributed by atoms with Gasteiger partial charge in [0.1, 0.15) is 5.37 Å². The van der Waals surface area contributed by atoms with Gasteiger partial charge in [-0.15, -0.1) is 0 Å². The molecule has 1 aliphatic rings. The third kappa shape index (κ3) is 2.93. The number of nitrogens with zero attached hydrogens (tertiary/aromatic N) is 1. The fourth-order valence-corrected chi connectivity index (χ4v) is 3.06. The van der Waals surface area contributed by atoms with E-state index in [1.165, 1.54) is 12.0 Å². The highest BCUT2D eigenvalue weighted by Gasteiger charge is 2.47. The van der Waals surface area contributed by atoms with Gasteiger partial charge >= 0.3 is 5.97 Å². The molecule has 1 heterocycles. The van der Waals surface area contributed by atoms with Gasteiger partial charge in [-0.3, -0.25) is 9.00 Å². The predicted octanol–water partition coefficient (Wildman–Crippen LogP) is -0.0828. The van der Waals surface area contributed by atoms with Gasteiger partial charge in [-0.2, -0.15) is 0 Å². The summed E-state index contributed by atoms with van der Waals surface area (Å²) in [6.07, 6.45) is 0.0480. The first-order chi connectivity index (χ1) is 8.84. The minimum absolute atomic E-state index is 0.0480. The first kappa shape index (κ1) is 15.6. The number of esters is 1. The zero-order chi connectivity index (χ0) is 14.7. The number of carbonyl (C=O) groups excluding carboxylic acids is 2. The second kappa shape index (κ2) is 6.12. The molecule has 0 radical (unpaired) electrons. The van der Waals surface area contributed by atoms with Crippen molar-refractivity contribution in [2.24, 2.45) is 0 Å². The van der Waals surface area contributed by atoms with E-state index in [2.05, 4.69) is 17.9 Å². The van der Waals surface area contributed by atoms with Gasteiger partial charge in [0, 0.05) is 4.91 Å². The number of amides is 1. The second-order valence-electron chi connectivity index (χ2n) is 4.23. The minimum atomic E-state index is -1.62. The molecule has 3 atom stereocenters. The van der Waals surface area contributed by atoms with Gasteiger partial charge in [0.15, 0.2) is 6.04 Å². The largest absolute Gasteiger partial charge is 0.467 e. The summed E-state index contributed by atoms with van der Waals surface area (Å²) in [7, 11) is -0.408. The summed E-state index contributed by atoms with van der Waals surface area (Å²) in [5, 5.41) is 8.25. The lowest BCUT2D eigenvalue weighted by molar-refractivity contribution is -0.157. The Kier molecular flexibility index (Phi) is 5.02. The summed E-state index contributed by atoms with van der Waals surface area (Å²) in [5.74, 6) is -0.931. The van der Waals surface area contributed by atoms with Crippen molar-refractivity contribution in [1.82, 2.24) is 4.90 Å². The molecule has 1 amide bonds. The molecule has 0 spiro atoms. The normalized spacial score (nSPS) is 21.3. The lowest BCUT2D eigenvalue weighted by Crippen LogP contribution is -2.61.